The van der Waals surface area contributed by atoms with E-state index in [1.54, 1.807) is 24.3 Å². The molecule has 0 radical (unpaired) electrons. The lowest BCUT2D eigenvalue weighted by molar-refractivity contribution is -0.140. The maximum atomic E-state index is 12.4. The highest BCUT2D eigenvalue weighted by molar-refractivity contribution is 6.46. The standard InChI is InChI=1S/C16H16N4O4/c17-11(6-7-13(18)21)15-19-12(8-10-4-2-1-3-5-10)16(24)20(15)9-14(22)23/h1-5,8,17H,6-7,9H2,(H2,18,21)(H,22,23)/b12-8+,17-11?. The first-order chi connectivity index (χ1) is 11.4. The van der Waals surface area contributed by atoms with Gasteiger partial charge < -0.3 is 16.2 Å². The molecule has 2 rings (SSSR count). The quantitative estimate of drug-likeness (QED) is 0.499. The molecule has 0 aromatic heterocycles. The second-order valence-electron chi connectivity index (χ2n) is 5.11. The Bertz CT molecular complexity index is 753. The van der Waals surface area contributed by atoms with E-state index >= 15 is 0 Å². The number of amidine groups is 1. The molecule has 1 aromatic rings. The fraction of sp³-hybridized carbons (Fsp3) is 0.188. The summed E-state index contributed by atoms with van der Waals surface area (Å²) in [5.41, 5.74) is 5.71. The summed E-state index contributed by atoms with van der Waals surface area (Å²) in [6.07, 6.45) is 1.42. The molecule has 2 amide bonds. The van der Waals surface area contributed by atoms with Crippen molar-refractivity contribution in [2.45, 2.75) is 12.8 Å². The molecular formula is C16H16N4O4. The molecule has 0 spiro atoms. The van der Waals surface area contributed by atoms with Gasteiger partial charge in [0.25, 0.3) is 5.91 Å². The van der Waals surface area contributed by atoms with Crippen molar-refractivity contribution in [3.63, 3.8) is 0 Å². The van der Waals surface area contributed by atoms with Gasteiger partial charge in [-0.25, -0.2) is 4.99 Å². The van der Waals surface area contributed by atoms with Crippen LogP contribution in [0.3, 0.4) is 0 Å². The van der Waals surface area contributed by atoms with E-state index < -0.39 is 24.3 Å². The maximum absolute atomic E-state index is 12.4. The van der Waals surface area contributed by atoms with Crippen LogP contribution in [0.4, 0.5) is 0 Å². The second kappa shape index (κ2) is 7.32. The van der Waals surface area contributed by atoms with Crippen molar-refractivity contribution < 1.29 is 19.5 Å². The number of carbonyl (C=O) groups is 3. The summed E-state index contributed by atoms with van der Waals surface area (Å²) in [7, 11) is 0. The predicted molar refractivity (Wildman–Crippen MR) is 87.4 cm³/mol. The van der Waals surface area contributed by atoms with Crippen LogP contribution >= 0.6 is 0 Å². The Morgan fingerprint density at radius 1 is 1.25 bits per heavy atom. The number of amides is 2. The lowest BCUT2D eigenvalue weighted by Crippen LogP contribution is -2.40. The number of carboxylic acid groups (broad SMARTS) is 1. The minimum absolute atomic E-state index is 0.0177. The molecule has 8 nitrogen and oxygen atoms in total. The zero-order valence-electron chi connectivity index (χ0n) is 12.7. The van der Waals surface area contributed by atoms with Crippen molar-refractivity contribution in [2.24, 2.45) is 10.7 Å². The Hall–Kier alpha value is -3.29. The second-order valence-corrected chi connectivity index (χ2v) is 5.11. The minimum atomic E-state index is -1.22. The Morgan fingerprint density at radius 2 is 1.92 bits per heavy atom. The van der Waals surface area contributed by atoms with Crippen molar-refractivity contribution in [3.8, 4) is 0 Å². The van der Waals surface area contributed by atoms with E-state index in [0.717, 1.165) is 10.5 Å². The fourth-order valence-corrected chi connectivity index (χ4v) is 2.13. The summed E-state index contributed by atoms with van der Waals surface area (Å²) in [6.45, 7) is -0.608. The summed E-state index contributed by atoms with van der Waals surface area (Å²) in [4.78, 5) is 39.2. The van der Waals surface area contributed by atoms with Crippen LogP contribution in [0.25, 0.3) is 6.08 Å². The number of carboxylic acids is 1. The Kier molecular flexibility index (Phi) is 5.20. The molecular weight excluding hydrogens is 312 g/mol. The number of hydrogen-bond donors (Lipinski definition) is 3. The highest BCUT2D eigenvalue weighted by atomic mass is 16.4. The molecule has 1 aliphatic heterocycles. The van der Waals surface area contributed by atoms with Crippen LogP contribution in [0.1, 0.15) is 18.4 Å². The van der Waals surface area contributed by atoms with Crippen LogP contribution in [0.5, 0.6) is 0 Å². The van der Waals surface area contributed by atoms with Crippen LogP contribution in [0.15, 0.2) is 41.0 Å². The SMILES string of the molecule is N=C(CCC(N)=O)C1=N/C(=C/c2ccccc2)C(=O)N1CC(=O)O. The average molecular weight is 328 g/mol. The molecule has 8 heteroatoms. The van der Waals surface area contributed by atoms with E-state index in [2.05, 4.69) is 4.99 Å². The first-order valence-corrected chi connectivity index (χ1v) is 7.13. The Morgan fingerprint density at radius 3 is 2.50 bits per heavy atom. The van der Waals surface area contributed by atoms with Gasteiger partial charge in [-0.2, -0.15) is 0 Å². The van der Waals surface area contributed by atoms with Crippen LogP contribution < -0.4 is 5.73 Å². The highest BCUT2D eigenvalue weighted by Gasteiger charge is 2.33. The van der Waals surface area contributed by atoms with E-state index in [9.17, 15) is 14.4 Å². The molecule has 0 fully saturated rings. The number of aliphatic imine (C=N–C) groups is 1. The van der Waals surface area contributed by atoms with Crippen molar-refractivity contribution >= 4 is 35.4 Å². The maximum Gasteiger partial charge on any atom is 0.323 e. The first kappa shape index (κ1) is 17.1. The van der Waals surface area contributed by atoms with Crippen molar-refractivity contribution in [1.29, 1.82) is 5.41 Å². The average Bonchev–Trinajstić information content (AvgIpc) is 2.82. The molecule has 0 saturated carbocycles. The lowest BCUT2D eigenvalue weighted by atomic mass is 10.2. The summed E-state index contributed by atoms with van der Waals surface area (Å²) in [5.74, 6) is -2.47. The van der Waals surface area contributed by atoms with Gasteiger partial charge in [0.2, 0.25) is 5.91 Å². The lowest BCUT2D eigenvalue weighted by Gasteiger charge is -2.15. The number of primary amides is 1. The fourth-order valence-electron chi connectivity index (χ4n) is 2.13. The summed E-state index contributed by atoms with van der Waals surface area (Å²) >= 11 is 0. The monoisotopic (exact) mass is 328 g/mol. The molecule has 1 aromatic carbocycles. The molecule has 4 N–H and O–H groups in total. The topological polar surface area (TPSA) is 137 Å². The van der Waals surface area contributed by atoms with Crippen molar-refractivity contribution in [3.05, 3.63) is 41.6 Å². The Labute approximate surface area is 137 Å². The number of nitrogens with one attached hydrogen (secondary N) is 1. The van der Waals surface area contributed by atoms with E-state index in [1.165, 1.54) is 6.08 Å². The molecule has 0 aliphatic carbocycles. The molecule has 1 heterocycles. The van der Waals surface area contributed by atoms with Crippen LogP contribution in [-0.4, -0.2) is 45.9 Å². The van der Waals surface area contributed by atoms with Crippen LogP contribution in [0, 0.1) is 5.41 Å². The molecule has 0 unspecified atom stereocenters. The number of nitrogens with zero attached hydrogens (tertiary/aromatic N) is 2. The van der Waals surface area contributed by atoms with Crippen molar-refractivity contribution in [1.82, 2.24) is 4.90 Å². The van der Waals surface area contributed by atoms with E-state index in [0.29, 0.717) is 0 Å². The zero-order valence-corrected chi connectivity index (χ0v) is 12.7. The molecule has 1 aliphatic rings. The molecule has 0 atom stereocenters. The van der Waals surface area contributed by atoms with Crippen LogP contribution in [-0.2, 0) is 14.4 Å². The number of hydrogen-bond acceptors (Lipinski definition) is 5. The van der Waals surface area contributed by atoms with Gasteiger partial charge in [-0.1, -0.05) is 30.3 Å². The van der Waals surface area contributed by atoms with E-state index in [4.69, 9.17) is 16.2 Å². The predicted octanol–water partition coefficient (Wildman–Crippen LogP) is 0.638. The third-order valence-electron chi connectivity index (χ3n) is 3.23. The number of benzene rings is 1. The molecule has 0 saturated heterocycles. The molecule has 0 bridgehead atoms. The summed E-state index contributed by atoms with van der Waals surface area (Å²) in [6, 6.07) is 8.95. The van der Waals surface area contributed by atoms with Gasteiger partial charge >= 0.3 is 5.97 Å². The molecule has 24 heavy (non-hydrogen) atoms. The molecule has 124 valence electrons. The van der Waals surface area contributed by atoms with Gasteiger partial charge in [-0.05, 0) is 11.6 Å². The van der Waals surface area contributed by atoms with Gasteiger partial charge in [0.05, 0.1) is 5.71 Å². The minimum Gasteiger partial charge on any atom is -0.480 e. The normalized spacial score (nSPS) is 15.5. The highest BCUT2D eigenvalue weighted by Crippen LogP contribution is 2.19. The summed E-state index contributed by atoms with van der Waals surface area (Å²) in [5, 5.41) is 16.9. The van der Waals surface area contributed by atoms with Gasteiger partial charge in [0.15, 0.2) is 5.84 Å². The third-order valence-corrected chi connectivity index (χ3v) is 3.23. The summed E-state index contributed by atoms with van der Waals surface area (Å²) < 4.78 is 0. The van der Waals surface area contributed by atoms with Gasteiger partial charge in [0.1, 0.15) is 12.2 Å². The smallest absolute Gasteiger partial charge is 0.323 e. The first-order valence-electron chi connectivity index (χ1n) is 7.13. The number of carbonyl (C=O) groups excluding carboxylic acids is 2. The number of rotatable bonds is 7. The van der Waals surface area contributed by atoms with Gasteiger partial charge in [-0.3, -0.25) is 19.3 Å². The van der Waals surface area contributed by atoms with Gasteiger partial charge in [0, 0.05) is 12.8 Å². The number of nitrogens with two attached hydrogens (primary N) is 1. The van der Waals surface area contributed by atoms with Crippen LogP contribution in [0.2, 0.25) is 0 Å². The Balaban J connectivity index is 2.32. The van der Waals surface area contributed by atoms with Gasteiger partial charge in [-0.15, -0.1) is 0 Å². The van der Waals surface area contributed by atoms with E-state index in [1.807, 2.05) is 6.07 Å². The van der Waals surface area contributed by atoms with E-state index in [-0.39, 0.29) is 30.1 Å². The zero-order chi connectivity index (χ0) is 17.7. The largest absolute Gasteiger partial charge is 0.480 e. The third kappa shape index (κ3) is 4.13. The van der Waals surface area contributed by atoms with Crippen molar-refractivity contribution in [2.75, 3.05) is 6.54 Å². The number of aliphatic carboxylic acids is 1.